The van der Waals surface area contributed by atoms with E-state index in [1.165, 1.54) is 12.1 Å². The first-order chi connectivity index (χ1) is 6.81. The average Bonchev–Trinajstić information content (AvgIpc) is 2.23. The Kier molecular flexibility index (Phi) is 4.10. The van der Waals surface area contributed by atoms with E-state index in [4.69, 9.17) is 0 Å². The van der Waals surface area contributed by atoms with Crippen LogP contribution in [-0.2, 0) is 0 Å². The van der Waals surface area contributed by atoms with Crippen LogP contribution in [0.3, 0.4) is 0 Å². The topological polar surface area (TPSA) is 15.3 Å². The van der Waals surface area contributed by atoms with Crippen LogP contribution in [0.2, 0.25) is 0 Å². The summed E-state index contributed by atoms with van der Waals surface area (Å²) in [6.07, 6.45) is 0. The predicted molar refractivity (Wildman–Crippen MR) is 50.5 cm³/mol. The van der Waals surface area contributed by atoms with Gasteiger partial charge in [-0.2, -0.15) is 0 Å². The van der Waals surface area contributed by atoms with Gasteiger partial charge in [0.15, 0.2) is 20.4 Å². The van der Waals surface area contributed by atoms with Crippen molar-refractivity contribution in [1.82, 2.24) is 0 Å². The summed E-state index contributed by atoms with van der Waals surface area (Å²) in [5.74, 6) is 0. The number of hydrogen-bond acceptors (Lipinski definition) is 2. The van der Waals surface area contributed by atoms with Gasteiger partial charge in [-0.05, 0) is 24.3 Å². The minimum atomic E-state index is -0.883. The van der Waals surface area contributed by atoms with Gasteiger partial charge in [-0.3, -0.25) is 0 Å². The van der Waals surface area contributed by atoms with Crippen LogP contribution in [0.5, 0.6) is 0 Å². The Bertz CT molecular complexity index is 259. The van der Waals surface area contributed by atoms with Gasteiger partial charge in [-0.15, -0.1) is 0 Å². The zero-order chi connectivity index (χ0) is 10.4. The molecule has 5 heteroatoms. The Morgan fingerprint density at radius 2 is 1.57 bits per heavy atom. The van der Waals surface area contributed by atoms with E-state index in [9.17, 15) is 13.2 Å². The van der Waals surface area contributed by atoms with Crippen molar-refractivity contribution in [1.29, 1.82) is 0 Å². The molecule has 0 atom stereocenters. The summed E-state index contributed by atoms with van der Waals surface area (Å²) in [5.41, 5.74) is 1.01. The molecule has 0 spiro atoms. The molecular formula is C9H11F3N2. The van der Waals surface area contributed by atoms with E-state index < -0.39 is 20.4 Å². The first-order valence-electron chi connectivity index (χ1n) is 4.08. The lowest BCUT2D eigenvalue weighted by Crippen LogP contribution is -2.19. The Balaban J connectivity index is 2.71. The zero-order valence-corrected chi connectivity index (χ0v) is 7.51. The van der Waals surface area contributed by atoms with Crippen molar-refractivity contribution in [3.05, 3.63) is 24.3 Å². The highest BCUT2D eigenvalue weighted by atomic mass is 19.1. The molecule has 0 fully saturated rings. The van der Waals surface area contributed by atoms with Crippen LogP contribution in [0.25, 0.3) is 0 Å². The molecule has 0 aliphatic carbocycles. The maximum absolute atomic E-state index is 12.2. The second kappa shape index (κ2) is 5.36. The third-order valence-electron chi connectivity index (χ3n) is 1.79. The van der Waals surface area contributed by atoms with Crippen LogP contribution in [0.1, 0.15) is 0 Å². The summed E-state index contributed by atoms with van der Waals surface area (Å²) in [6, 6.07) is 6.18. The van der Waals surface area contributed by atoms with Gasteiger partial charge < -0.3 is 10.2 Å². The van der Waals surface area contributed by atoms with Crippen LogP contribution in [-0.4, -0.2) is 20.4 Å². The van der Waals surface area contributed by atoms with Gasteiger partial charge in [-0.25, -0.2) is 13.2 Å². The molecule has 0 saturated heterocycles. The third-order valence-corrected chi connectivity index (χ3v) is 1.79. The molecule has 14 heavy (non-hydrogen) atoms. The molecule has 1 aromatic carbocycles. The van der Waals surface area contributed by atoms with E-state index in [1.54, 1.807) is 12.1 Å². The lowest BCUT2D eigenvalue weighted by atomic mass is 10.2. The second-order valence-corrected chi connectivity index (χ2v) is 2.64. The monoisotopic (exact) mass is 204 g/mol. The molecule has 0 saturated carbocycles. The summed E-state index contributed by atoms with van der Waals surface area (Å²) in [7, 11) is 0. The van der Waals surface area contributed by atoms with Crippen LogP contribution < -0.4 is 10.2 Å². The zero-order valence-electron chi connectivity index (χ0n) is 7.51. The largest absolute Gasteiger partial charge is 0.359 e. The Morgan fingerprint density at radius 3 is 2.00 bits per heavy atom. The van der Waals surface area contributed by atoms with Gasteiger partial charge in [0, 0.05) is 11.4 Å². The number of anilines is 2. The number of halogens is 3. The smallest absolute Gasteiger partial charge is 0.163 e. The minimum absolute atomic E-state index is 0.430. The fourth-order valence-corrected chi connectivity index (χ4v) is 1.04. The fourth-order valence-electron chi connectivity index (χ4n) is 1.04. The van der Waals surface area contributed by atoms with E-state index >= 15 is 0 Å². The lowest BCUT2D eigenvalue weighted by Gasteiger charge is -2.16. The SMILES string of the molecule is FCNc1ccc(N(CF)CF)cc1. The van der Waals surface area contributed by atoms with Crippen molar-refractivity contribution in [2.75, 3.05) is 30.6 Å². The Morgan fingerprint density at radius 1 is 1.00 bits per heavy atom. The number of nitrogens with one attached hydrogen (secondary N) is 1. The summed E-state index contributed by atoms with van der Waals surface area (Å²) in [5, 5.41) is 2.44. The molecule has 0 unspecified atom stereocenters. The van der Waals surface area contributed by atoms with Crippen LogP contribution in [0.4, 0.5) is 24.5 Å². The highest BCUT2D eigenvalue weighted by Gasteiger charge is 2.03. The fraction of sp³-hybridized carbons (Fsp3) is 0.333. The van der Waals surface area contributed by atoms with Crippen molar-refractivity contribution >= 4 is 11.4 Å². The van der Waals surface area contributed by atoms with E-state index in [2.05, 4.69) is 5.32 Å². The molecule has 1 rings (SSSR count). The maximum atomic E-state index is 12.2. The van der Waals surface area contributed by atoms with Crippen molar-refractivity contribution in [3.63, 3.8) is 0 Å². The van der Waals surface area contributed by atoms with Gasteiger partial charge >= 0.3 is 0 Å². The number of hydrogen-bond donors (Lipinski definition) is 1. The Hall–Kier alpha value is -1.39. The van der Waals surface area contributed by atoms with Crippen molar-refractivity contribution < 1.29 is 13.2 Å². The molecule has 0 amide bonds. The molecule has 2 nitrogen and oxygen atoms in total. The molecular weight excluding hydrogens is 193 g/mol. The predicted octanol–water partition coefficient (Wildman–Crippen LogP) is 2.69. The molecule has 78 valence electrons. The summed E-state index contributed by atoms with van der Waals surface area (Å²) in [4.78, 5) is 0.916. The van der Waals surface area contributed by atoms with Gasteiger partial charge in [0.05, 0.1) is 0 Å². The van der Waals surface area contributed by atoms with Crippen LogP contribution >= 0.6 is 0 Å². The molecule has 0 aromatic heterocycles. The second-order valence-electron chi connectivity index (χ2n) is 2.64. The summed E-state index contributed by atoms with van der Waals surface area (Å²) < 4.78 is 36.2. The molecule has 1 N–H and O–H groups in total. The van der Waals surface area contributed by atoms with Crippen molar-refractivity contribution in [2.24, 2.45) is 0 Å². The van der Waals surface area contributed by atoms with Crippen LogP contribution in [0.15, 0.2) is 24.3 Å². The summed E-state index contributed by atoms with van der Waals surface area (Å²) in [6.45, 7) is -2.44. The molecule has 0 aliphatic rings. The van der Waals surface area contributed by atoms with Gasteiger partial charge in [-0.1, -0.05) is 0 Å². The average molecular weight is 204 g/mol. The van der Waals surface area contributed by atoms with Crippen LogP contribution in [0, 0.1) is 0 Å². The van der Waals surface area contributed by atoms with E-state index in [1.807, 2.05) is 0 Å². The summed E-state index contributed by atoms with van der Waals surface area (Å²) >= 11 is 0. The number of alkyl halides is 3. The maximum Gasteiger partial charge on any atom is 0.163 e. The number of benzene rings is 1. The third kappa shape index (κ3) is 2.55. The van der Waals surface area contributed by atoms with Gasteiger partial charge in [0.2, 0.25) is 0 Å². The van der Waals surface area contributed by atoms with E-state index in [0.29, 0.717) is 11.4 Å². The van der Waals surface area contributed by atoms with Crippen molar-refractivity contribution in [3.8, 4) is 0 Å². The molecule has 1 aromatic rings. The Labute approximate surface area is 80.3 Å². The molecule has 0 aliphatic heterocycles. The highest BCUT2D eigenvalue weighted by Crippen LogP contribution is 2.17. The quantitative estimate of drug-likeness (QED) is 0.742. The minimum Gasteiger partial charge on any atom is -0.359 e. The number of rotatable bonds is 5. The molecule has 0 bridgehead atoms. The highest BCUT2D eigenvalue weighted by molar-refractivity contribution is 5.54. The molecule has 0 radical (unpaired) electrons. The number of nitrogens with zero attached hydrogens (tertiary/aromatic N) is 1. The first kappa shape index (κ1) is 10.7. The molecule has 0 heterocycles. The van der Waals surface area contributed by atoms with Gasteiger partial charge in [0.25, 0.3) is 0 Å². The van der Waals surface area contributed by atoms with Crippen molar-refractivity contribution in [2.45, 2.75) is 0 Å². The normalized spacial score (nSPS) is 9.93. The lowest BCUT2D eigenvalue weighted by molar-refractivity contribution is 0.398. The first-order valence-corrected chi connectivity index (χ1v) is 4.08. The van der Waals surface area contributed by atoms with E-state index in [-0.39, 0.29) is 0 Å². The van der Waals surface area contributed by atoms with Gasteiger partial charge in [0.1, 0.15) is 0 Å². The standard InChI is InChI=1S/C9H11F3N2/c10-5-13-8-1-3-9(4-2-8)14(6-11)7-12/h1-4,13H,5-7H2. The van der Waals surface area contributed by atoms with E-state index in [0.717, 1.165) is 4.90 Å².